The molecule has 0 saturated carbocycles. The zero-order valence-electron chi connectivity index (χ0n) is 16.1. The SMILES string of the molecule is O=c1cc(CN2CCN(Cc3cc(=O)n4ccsc4n3)CC2)nc2ccc(Cl)cn12. The maximum absolute atomic E-state index is 12.4. The first-order valence-electron chi connectivity index (χ1n) is 9.63. The van der Waals surface area contributed by atoms with Crippen molar-refractivity contribution in [1.29, 1.82) is 0 Å². The van der Waals surface area contributed by atoms with Gasteiger partial charge in [-0.25, -0.2) is 9.97 Å². The lowest BCUT2D eigenvalue weighted by Gasteiger charge is -2.34. The molecule has 0 aliphatic carbocycles. The van der Waals surface area contributed by atoms with E-state index in [4.69, 9.17) is 11.6 Å². The molecule has 1 fully saturated rings. The molecule has 0 spiro atoms. The molecular formula is C20H19ClN6O2S. The van der Waals surface area contributed by atoms with Crippen molar-refractivity contribution in [1.82, 2.24) is 28.6 Å². The second-order valence-corrected chi connectivity index (χ2v) is 8.66. The summed E-state index contributed by atoms with van der Waals surface area (Å²) < 4.78 is 3.03. The van der Waals surface area contributed by atoms with E-state index in [1.165, 1.54) is 15.7 Å². The second-order valence-electron chi connectivity index (χ2n) is 7.35. The van der Waals surface area contributed by atoms with E-state index in [9.17, 15) is 9.59 Å². The molecule has 4 aromatic heterocycles. The van der Waals surface area contributed by atoms with Crippen molar-refractivity contribution >= 4 is 33.5 Å². The summed E-state index contributed by atoms with van der Waals surface area (Å²) in [6.45, 7) is 4.75. The van der Waals surface area contributed by atoms with Crippen molar-refractivity contribution < 1.29 is 0 Å². The van der Waals surface area contributed by atoms with Crippen LogP contribution in [0.2, 0.25) is 5.02 Å². The van der Waals surface area contributed by atoms with Crippen molar-refractivity contribution in [3.63, 3.8) is 0 Å². The van der Waals surface area contributed by atoms with E-state index in [0.717, 1.165) is 42.5 Å². The Kier molecular flexibility index (Phi) is 5.11. The first-order chi connectivity index (χ1) is 14.5. The Bertz CT molecular complexity index is 1340. The molecule has 0 atom stereocenters. The zero-order valence-corrected chi connectivity index (χ0v) is 17.6. The molecule has 0 radical (unpaired) electrons. The highest BCUT2D eigenvalue weighted by Crippen LogP contribution is 2.13. The molecule has 5 heterocycles. The van der Waals surface area contributed by atoms with Crippen molar-refractivity contribution in [2.45, 2.75) is 13.1 Å². The number of hydrogen-bond acceptors (Lipinski definition) is 7. The van der Waals surface area contributed by atoms with Crippen LogP contribution in [0.3, 0.4) is 0 Å². The number of nitrogens with zero attached hydrogens (tertiary/aromatic N) is 6. The van der Waals surface area contributed by atoms with Gasteiger partial charge in [-0.3, -0.25) is 28.2 Å². The van der Waals surface area contributed by atoms with Crippen molar-refractivity contribution in [2.75, 3.05) is 26.2 Å². The lowest BCUT2D eigenvalue weighted by Crippen LogP contribution is -2.45. The van der Waals surface area contributed by atoms with E-state index in [1.807, 2.05) is 5.38 Å². The minimum Gasteiger partial charge on any atom is -0.295 e. The molecule has 8 nitrogen and oxygen atoms in total. The van der Waals surface area contributed by atoms with Crippen LogP contribution in [0.1, 0.15) is 11.4 Å². The smallest absolute Gasteiger partial charge is 0.258 e. The fraction of sp³-hybridized carbons (Fsp3) is 0.300. The van der Waals surface area contributed by atoms with Crippen LogP contribution in [-0.4, -0.2) is 54.7 Å². The van der Waals surface area contributed by atoms with Crippen molar-refractivity contribution in [3.8, 4) is 0 Å². The fourth-order valence-corrected chi connectivity index (χ4v) is 4.64. The predicted molar refractivity (Wildman–Crippen MR) is 116 cm³/mol. The Morgan fingerprint density at radius 2 is 1.53 bits per heavy atom. The van der Waals surface area contributed by atoms with Crippen LogP contribution in [0.15, 0.2) is 51.6 Å². The quantitative estimate of drug-likeness (QED) is 0.479. The Labute approximate surface area is 180 Å². The van der Waals surface area contributed by atoms with Gasteiger partial charge in [0.05, 0.1) is 16.4 Å². The van der Waals surface area contributed by atoms with Gasteiger partial charge in [-0.15, -0.1) is 11.3 Å². The summed E-state index contributed by atoms with van der Waals surface area (Å²) in [6, 6.07) is 6.68. The van der Waals surface area contributed by atoms with E-state index < -0.39 is 0 Å². The maximum atomic E-state index is 12.4. The van der Waals surface area contributed by atoms with Gasteiger partial charge in [-0.2, -0.15) is 0 Å². The highest BCUT2D eigenvalue weighted by atomic mass is 35.5. The average Bonchev–Trinajstić information content (AvgIpc) is 3.19. The van der Waals surface area contributed by atoms with E-state index in [0.29, 0.717) is 23.8 Å². The summed E-state index contributed by atoms with van der Waals surface area (Å²) in [6.07, 6.45) is 3.33. The summed E-state index contributed by atoms with van der Waals surface area (Å²) in [5, 5.41) is 2.37. The molecule has 30 heavy (non-hydrogen) atoms. The molecule has 4 aromatic rings. The largest absolute Gasteiger partial charge is 0.295 e. The number of fused-ring (bicyclic) bond motifs is 2. The Morgan fingerprint density at radius 3 is 2.23 bits per heavy atom. The first kappa shape index (κ1) is 19.4. The molecule has 10 heteroatoms. The fourth-order valence-electron chi connectivity index (χ4n) is 3.74. The van der Waals surface area contributed by atoms with Crippen LogP contribution < -0.4 is 11.1 Å². The van der Waals surface area contributed by atoms with Gasteiger partial charge in [-0.05, 0) is 12.1 Å². The number of pyridine rings is 1. The molecule has 0 amide bonds. The summed E-state index contributed by atoms with van der Waals surface area (Å²) in [5.74, 6) is 0. The highest BCUT2D eigenvalue weighted by Gasteiger charge is 2.19. The molecule has 1 aliphatic heterocycles. The zero-order chi connectivity index (χ0) is 20.7. The van der Waals surface area contributed by atoms with Gasteiger partial charge in [0.25, 0.3) is 11.1 Å². The van der Waals surface area contributed by atoms with Gasteiger partial charge in [0.1, 0.15) is 5.65 Å². The number of aromatic nitrogens is 4. The molecule has 0 bridgehead atoms. The van der Waals surface area contributed by atoms with Crippen molar-refractivity contribution in [2.24, 2.45) is 0 Å². The molecular weight excluding hydrogens is 424 g/mol. The molecule has 154 valence electrons. The normalized spacial score (nSPS) is 15.9. The van der Waals surface area contributed by atoms with Crippen LogP contribution in [0.4, 0.5) is 0 Å². The molecule has 5 rings (SSSR count). The minimum atomic E-state index is -0.127. The lowest BCUT2D eigenvalue weighted by atomic mass is 10.2. The monoisotopic (exact) mass is 442 g/mol. The van der Waals surface area contributed by atoms with E-state index in [2.05, 4.69) is 19.8 Å². The Morgan fingerprint density at radius 1 is 0.900 bits per heavy atom. The van der Waals surface area contributed by atoms with Crippen LogP contribution in [0.5, 0.6) is 0 Å². The summed E-state index contributed by atoms with van der Waals surface area (Å²) in [5.41, 5.74) is 2.00. The molecule has 1 saturated heterocycles. The Hall–Kier alpha value is -2.59. The molecule has 0 aromatic carbocycles. The average molecular weight is 443 g/mol. The van der Waals surface area contributed by atoms with Gasteiger partial charge in [-0.1, -0.05) is 11.6 Å². The van der Waals surface area contributed by atoms with Crippen LogP contribution in [0, 0.1) is 0 Å². The van der Waals surface area contributed by atoms with Gasteiger partial charge < -0.3 is 0 Å². The van der Waals surface area contributed by atoms with Gasteiger partial charge in [0, 0.05) is 69.2 Å². The standard InChI is InChI=1S/C20H19ClN6O2S/c21-14-1-2-17-22-15(9-19(29)27(17)11-14)12-24-3-5-25(6-4-24)13-16-10-18(28)26-7-8-30-20(26)23-16/h1-2,7-11H,3-6,12-13H2. The number of halogens is 1. The van der Waals surface area contributed by atoms with Gasteiger partial charge in [0.15, 0.2) is 4.96 Å². The maximum Gasteiger partial charge on any atom is 0.258 e. The third-order valence-corrected chi connectivity index (χ3v) is 6.25. The van der Waals surface area contributed by atoms with Crippen LogP contribution >= 0.6 is 22.9 Å². The number of piperazine rings is 1. The minimum absolute atomic E-state index is 0.0372. The van der Waals surface area contributed by atoms with E-state index in [-0.39, 0.29) is 11.1 Å². The molecule has 0 unspecified atom stereocenters. The Balaban J connectivity index is 1.23. The predicted octanol–water partition coefficient (Wildman–Crippen LogP) is 1.74. The van der Waals surface area contributed by atoms with E-state index in [1.54, 1.807) is 41.1 Å². The highest BCUT2D eigenvalue weighted by molar-refractivity contribution is 7.15. The van der Waals surface area contributed by atoms with Crippen molar-refractivity contribution in [3.05, 3.63) is 79.2 Å². The van der Waals surface area contributed by atoms with Gasteiger partial charge in [0.2, 0.25) is 0 Å². The summed E-state index contributed by atoms with van der Waals surface area (Å²) in [4.78, 5) is 39.0. The molecule has 1 aliphatic rings. The molecule has 0 N–H and O–H groups in total. The van der Waals surface area contributed by atoms with E-state index >= 15 is 0 Å². The van der Waals surface area contributed by atoms with Crippen LogP contribution in [0.25, 0.3) is 10.6 Å². The third kappa shape index (κ3) is 3.89. The third-order valence-electron chi connectivity index (χ3n) is 5.27. The number of thiazole rings is 1. The van der Waals surface area contributed by atoms with Gasteiger partial charge >= 0.3 is 0 Å². The first-order valence-corrected chi connectivity index (χ1v) is 10.9. The second kappa shape index (κ2) is 7.92. The number of hydrogen-bond donors (Lipinski definition) is 0. The summed E-state index contributed by atoms with van der Waals surface area (Å²) in [7, 11) is 0. The van der Waals surface area contributed by atoms with Crippen LogP contribution in [-0.2, 0) is 13.1 Å². The lowest BCUT2D eigenvalue weighted by molar-refractivity contribution is 0.120. The number of rotatable bonds is 4. The topological polar surface area (TPSA) is 75.2 Å². The summed E-state index contributed by atoms with van der Waals surface area (Å²) >= 11 is 7.43.